The maximum atomic E-state index is 13.3. The molecule has 0 bridgehead atoms. The van der Waals surface area contributed by atoms with Gasteiger partial charge in [0.05, 0.1) is 33.5 Å². The van der Waals surface area contributed by atoms with E-state index in [9.17, 15) is 18.0 Å². The lowest BCUT2D eigenvalue weighted by atomic mass is 10.2. The molecule has 1 aromatic heterocycles. The van der Waals surface area contributed by atoms with E-state index in [1.165, 1.54) is 47.0 Å². The number of esters is 1. The summed E-state index contributed by atoms with van der Waals surface area (Å²) >= 11 is 1.26. The number of benzene rings is 3. The Morgan fingerprint density at radius 2 is 1.81 bits per heavy atom. The summed E-state index contributed by atoms with van der Waals surface area (Å²) in [5.41, 5.74) is 3.14. The zero-order valence-electron chi connectivity index (χ0n) is 20.0. The Hall–Kier alpha value is -4.02. The van der Waals surface area contributed by atoms with E-state index in [-0.39, 0.29) is 10.5 Å². The van der Waals surface area contributed by atoms with Crippen LogP contribution in [0.4, 0.5) is 5.69 Å². The summed E-state index contributed by atoms with van der Waals surface area (Å²) in [6.07, 6.45) is 2.35. The Labute approximate surface area is 217 Å². The predicted octanol–water partition coefficient (Wildman–Crippen LogP) is 4.17. The van der Waals surface area contributed by atoms with Gasteiger partial charge >= 0.3 is 5.97 Å². The molecular formula is C27H23N3O5S2. The van der Waals surface area contributed by atoms with E-state index in [0.29, 0.717) is 35.6 Å². The normalized spacial score (nSPS) is 13.5. The highest BCUT2D eigenvalue weighted by atomic mass is 32.2. The highest BCUT2D eigenvalue weighted by molar-refractivity contribution is 7.92. The van der Waals surface area contributed by atoms with Crippen LogP contribution in [0.3, 0.4) is 0 Å². The Morgan fingerprint density at radius 3 is 2.54 bits per heavy atom. The molecule has 0 atom stereocenters. The molecule has 1 amide bonds. The molecule has 8 nitrogen and oxygen atoms in total. The molecule has 5 rings (SSSR count). The lowest BCUT2D eigenvalue weighted by Crippen LogP contribution is -2.29. The van der Waals surface area contributed by atoms with Gasteiger partial charge in [-0.05, 0) is 60.5 Å². The van der Waals surface area contributed by atoms with Gasteiger partial charge in [0.15, 0.2) is 4.80 Å². The molecule has 0 saturated carbocycles. The maximum absolute atomic E-state index is 13.3. The second-order valence-electron chi connectivity index (χ2n) is 8.36. The standard InChI is InChI=1S/C27H23N3O5S2/c1-3-15-29-23-13-10-20(26(32)35-2)17-24(23)36-27(29)28-25(31)19-8-11-21(12-9-19)37(33,34)30-16-14-18-6-4-5-7-22(18)30/h3-13,17H,1,14-16H2,2H3. The predicted molar refractivity (Wildman–Crippen MR) is 142 cm³/mol. The first-order valence-electron chi connectivity index (χ1n) is 11.5. The van der Waals surface area contributed by atoms with Crippen LogP contribution in [0.1, 0.15) is 26.3 Å². The fraction of sp³-hybridized carbons (Fsp3) is 0.148. The highest BCUT2D eigenvalue weighted by Crippen LogP contribution is 2.32. The summed E-state index contributed by atoms with van der Waals surface area (Å²) in [6, 6.07) is 18.4. The summed E-state index contributed by atoms with van der Waals surface area (Å²) in [5.74, 6) is -0.958. The van der Waals surface area contributed by atoms with Crippen LogP contribution < -0.4 is 9.11 Å². The van der Waals surface area contributed by atoms with Gasteiger partial charge in [-0.15, -0.1) is 6.58 Å². The molecule has 0 saturated heterocycles. The molecule has 37 heavy (non-hydrogen) atoms. The molecule has 10 heteroatoms. The number of rotatable bonds is 6. The van der Waals surface area contributed by atoms with E-state index < -0.39 is 21.9 Å². The third kappa shape index (κ3) is 4.49. The minimum Gasteiger partial charge on any atom is -0.465 e. The van der Waals surface area contributed by atoms with Crippen LogP contribution in [-0.2, 0) is 27.7 Å². The van der Waals surface area contributed by atoms with Crippen LogP contribution >= 0.6 is 11.3 Å². The van der Waals surface area contributed by atoms with Crippen LogP contribution in [-0.4, -0.2) is 38.5 Å². The number of aromatic nitrogens is 1. The Morgan fingerprint density at radius 1 is 1.08 bits per heavy atom. The van der Waals surface area contributed by atoms with E-state index in [2.05, 4.69) is 11.6 Å². The van der Waals surface area contributed by atoms with Gasteiger partial charge in [0.25, 0.3) is 15.9 Å². The number of sulfonamides is 1. The highest BCUT2D eigenvalue weighted by Gasteiger charge is 2.30. The number of carbonyl (C=O) groups is 2. The molecule has 0 N–H and O–H groups in total. The van der Waals surface area contributed by atoms with Gasteiger partial charge in [0.2, 0.25) is 0 Å². The van der Waals surface area contributed by atoms with Crippen molar-refractivity contribution in [3.8, 4) is 0 Å². The van der Waals surface area contributed by atoms with E-state index in [1.807, 2.05) is 22.8 Å². The summed E-state index contributed by atoms with van der Waals surface area (Å²) in [4.78, 5) is 29.8. The molecule has 0 radical (unpaired) electrons. The fourth-order valence-corrected chi connectivity index (χ4v) is 6.89. The van der Waals surface area contributed by atoms with E-state index in [0.717, 1.165) is 15.8 Å². The smallest absolute Gasteiger partial charge is 0.337 e. The molecule has 0 fully saturated rings. The van der Waals surface area contributed by atoms with Crippen LogP contribution in [0, 0.1) is 0 Å². The summed E-state index contributed by atoms with van der Waals surface area (Å²) in [6.45, 7) is 4.58. The molecule has 0 unspecified atom stereocenters. The first-order chi connectivity index (χ1) is 17.8. The number of para-hydroxylation sites is 1. The van der Waals surface area contributed by atoms with Crippen molar-refractivity contribution >= 4 is 49.1 Å². The van der Waals surface area contributed by atoms with Gasteiger partial charge < -0.3 is 9.30 Å². The van der Waals surface area contributed by atoms with Crippen molar-refractivity contribution in [3.63, 3.8) is 0 Å². The molecule has 3 aromatic carbocycles. The lowest BCUT2D eigenvalue weighted by Gasteiger charge is -2.19. The lowest BCUT2D eigenvalue weighted by molar-refractivity contribution is 0.0600. The first kappa shape index (κ1) is 24.7. The second-order valence-corrected chi connectivity index (χ2v) is 11.2. The number of anilines is 1. The molecule has 1 aliphatic heterocycles. The molecular weight excluding hydrogens is 510 g/mol. The van der Waals surface area contributed by atoms with Crippen LogP contribution in [0.2, 0.25) is 0 Å². The number of methoxy groups -OCH3 is 1. The SMILES string of the molecule is C=CCn1c(=NC(=O)c2ccc(S(=O)(=O)N3CCc4ccccc43)cc2)sc2cc(C(=O)OC)ccc21. The number of amides is 1. The number of hydrogen-bond donors (Lipinski definition) is 0. The third-order valence-corrected chi connectivity index (χ3v) is 9.02. The van der Waals surface area contributed by atoms with E-state index in [1.54, 1.807) is 30.3 Å². The van der Waals surface area contributed by atoms with Crippen molar-refractivity contribution in [2.75, 3.05) is 18.0 Å². The van der Waals surface area contributed by atoms with Gasteiger partial charge in [0.1, 0.15) is 0 Å². The largest absolute Gasteiger partial charge is 0.465 e. The topological polar surface area (TPSA) is 98.0 Å². The molecule has 2 heterocycles. The molecule has 4 aromatic rings. The second kappa shape index (κ2) is 9.79. The number of allylic oxidation sites excluding steroid dienone is 1. The third-order valence-electron chi connectivity index (χ3n) is 6.15. The minimum absolute atomic E-state index is 0.111. The number of ether oxygens (including phenoxy) is 1. The molecule has 0 aliphatic carbocycles. The summed E-state index contributed by atoms with van der Waals surface area (Å²) in [7, 11) is -2.44. The Kier molecular flexibility index (Phi) is 6.53. The molecule has 1 aliphatic rings. The van der Waals surface area contributed by atoms with Crippen molar-refractivity contribution in [2.24, 2.45) is 4.99 Å². The van der Waals surface area contributed by atoms with Crippen LogP contribution in [0.15, 0.2) is 89.3 Å². The van der Waals surface area contributed by atoms with Crippen LogP contribution in [0.5, 0.6) is 0 Å². The molecule has 0 spiro atoms. The fourth-order valence-electron chi connectivity index (χ4n) is 4.31. The average molecular weight is 534 g/mol. The van der Waals surface area contributed by atoms with Gasteiger partial charge in [0, 0.05) is 18.7 Å². The minimum atomic E-state index is -3.76. The monoisotopic (exact) mass is 533 g/mol. The van der Waals surface area contributed by atoms with Gasteiger partial charge in [-0.1, -0.05) is 35.6 Å². The first-order valence-corrected chi connectivity index (χ1v) is 13.7. The van der Waals surface area contributed by atoms with Crippen molar-refractivity contribution in [1.29, 1.82) is 0 Å². The maximum Gasteiger partial charge on any atom is 0.337 e. The Bertz CT molecular complexity index is 1720. The number of fused-ring (bicyclic) bond motifs is 2. The van der Waals surface area contributed by atoms with Gasteiger partial charge in [-0.3, -0.25) is 9.10 Å². The van der Waals surface area contributed by atoms with Gasteiger partial charge in [-0.25, -0.2) is 13.2 Å². The van der Waals surface area contributed by atoms with Crippen molar-refractivity contribution < 1.29 is 22.7 Å². The summed E-state index contributed by atoms with van der Waals surface area (Å²) in [5, 5.41) is 0. The van der Waals surface area contributed by atoms with Gasteiger partial charge in [-0.2, -0.15) is 4.99 Å². The number of carbonyl (C=O) groups excluding carboxylic acids is 2. The number of thiazole rings is 1. The zero-order chi connectivity index (χ0) is 26.2. The Balaban J connectivity index is 1.46. The summed E-state index contributed by atoms with van der Waals surface area (Å²) < 4.78 is 35.3. The van der Waals surface area contributed by atoms with E-state index in [4.69, 9.17) is 4.74 Å². The van der Waals surface area contributed by atoms with Crippen molar-refractivity contribution in [2.45, 2.75) is 17.9 Å². The average Bonchev–Trinajstić information content (AvgIpc) is 3.50. The zero-order valence-corrected chi connectivity index (χ0v) is 21.6. The quantitative estimate of drug-likeness (QED) is 0.274. The van der Waals surface area contributed by atoms with Crippen molar-refractivity contribution in [3.05, 3.63) is 101 Å². The number of nitrogens with zero attached hydrogens (tertiary/aromatic N) is 3. The molecule has 188 valence electrons. The van der Waals surface area contributed by atoms with E-state index >= 15 is 0 Å². The van der Waals surface area contributed by atoms with Crippen LogP contribution in [0.25, 0.3) is 10.2 Å². The number of hydrogen-bond acceptors (Lipinski definition) is 6. The van der Waals surface area contributed by atoms with Crippen molar-refractivity contribution in [1.82, 2.24) is 4.57 Å².